The number of nitrogens with zero attached hydrogens (tertiary/aromatic N) is 1. The molecule has 0 aliphatic heterocycles. The number of halogens is 1. The summed E-state index contributed by atoms with van der Waals surface area (Å²) in [5, 5.41) is 0. The summed E-state index contributed by atoms with van der Waals surface area (Å²) in [5.41, 5.74) is 2.14. The number of hydrogen-bond donors (Lipinski definition) is 0. The summed E-state index contributed by atoms with van der Waals surface area (Å²) in [7, 11) is 3.67. The summed E-state index contributed by atoms with van der Waals surface area (Å²) in [6.45, 7) is 4.65. The highest BCUT2D eigenvalue weighted by Crippen LogP contribution is 2.18. The molecule has 0 atom stereocenters. The van der Waals surface area contributed by atoms with Gasteiger partial charge in [0, 0.05) is 25.2 Å². The SMILES string of the molecule is C=C(CCl)CN(C)c1ccc(OC)cc1. The van der Waals surface area contributed by atoms with E-state index >= 15 is 0 Å². The second kappa shape index (κ2) is 5.66. The maximum atomic E-state index is 5.68. The van der Waals surface area contributed by atoms with E-state index in [1.165, 1.54) is 0 Å². The van der Waals surface area contributed by atoms with Crippen molar-refractivity contribution in [3.63, 3.8) is 0 Å². The van der Waals surface area contributed by atoms with Crippen LogP contribution in [0.1, 0.15) is 0 Å². The van der Waals surface area contributed by atoms with Crippen LogP contribution in [0.2, 0.25) is 0 Å². The summed E-state index contributed by atoms with van der Waals surface area (Å²) in [6, 6.07) is 7.91. The van der Waals surface area contributed by atoms with Gasteiger partial charge in [0.15, 0.2) is 0 Å². The molecule has 3 heteroatoms. The van der Waals surface area contributed by atoms with E-state index in [2.05, 4.69) is 11.5 Å². The molecule has 0 N–H and O–H groups in total. The Labute approximate surface area is 96.1 Å². The van der Waals surface area contributed by atoms with Gasteiger partial charge >= 0.3 is 0 Å². The van der Waals surface area contributed by atoms with Crippen LogP contribution < -0.4 is 9.64 Å². The molecule has 0 fully saturated rings. The van der Waals surface area contributed by atoms with E-state index in [0.29, 0.717) is 5.88 Å². The first kappa shape index (κ1) is 11.9. The molecule has 1 aromatic carbocycles. The lowest BCUT2D eigenvalue weighted by atomic mass is 10.2. The Morgan fingerprint density at radius 2 is 2.00 bits per heavy atom. The van der Waals surface area contributed by atoms with Crippen LogP contribution in [0.3, 0.4) is 0 Å². The molecule has 0 aliphatic rings. The third kappa shape index (κ3) is 3.48. The Hall–Kier alpha value is -1.15. The van der Waals surface area contributed by atoms with E-state index in [0.717, 1.165) is 23.6 Å². The number of anilines is 1. The maximum Gasteiger partial charge on any atom is 0.119 e. The molecule has 2 nitrogen and oxygen atoms in total. The molecular weight excluding hydrogens is 210 g/mol. The van der Waals surface area contributed by atoms with Crippen molar-refractivity contribution < 1.29 is 4.74 Å². The van der Waals surface area contributed by atoms with Crippen LogP contribution in [0, 0.1) is 0 Å². The van der Waals surface area contributed by atoms with E-state index in [4.69, 9.17) is 16.3 Å². The van der Waals surface area contributed by atoms with Gasteiger partial charge in [-0.15, -0.1) is 11.6 Å². The summed E-state index contributed by atoms with van der Waals surface area (Å²) in [4.78, 5) is 2.10. The monoisotopic (exact) mass is 225 g/mol. The minimum absolute atomic E-state index is 0.500. The molecule has 1 rings (SSSR count). The van der Waals surface area contributed by atoms with Crippen LogP contribution in [-0.2, 0) is 0 Å². The first-order chi connectivity index (χ1) is 7.17. The number of likely N-dealkylation sites (N-methyl/N-ethyl adjacent to an activating group) is 1. The van der Waals surface area contributed by atoms with Crippen molar-refractivity contribution in [3.8, 4) is 5.75 Å². The lowest BCUT2D eigenvalue weighted by Crippen LogP contribution is -2.20. The van der Waals surface area contributed by atoms with Gasteiger partial charge in [0.2, 0.25) is 0 Å². The van der Waals surface area contributed by atoms with Crippen LogP contribution in [-0.4, -0.2) is 26.6 Å². The molecule has 15 heavy (non-hydrogen) atoms. The smallest absolute Gasteiger partial charge is 0.119 e. The van der Waals surface area contributed by atoms with Crippen molar-refractivity contribution in [1.82, 2.24) is 0 Å². The average molecular weight is 226 g/mol. The minimum atomic E-state index is 0.500. The molecule has 0 aliphatic carbocycles. The summed E-state index contributed by atoms with van der Waals surface area (Å²) in [6.07, 6.45) is 0. The number of ether oxygens (including phenoxy) is 1. The highest BCUT2D eigenvalue weighted by molar-refractivity contribution is 6.19. The fourth-order valence-electron chi connectivity index (χ4n) is 1.31. The fourth-order valence-corrected chi connectivity index (χ4v) is 1.39. The Bertz CT molecular complexity index is 321. The highest BCUT2D eigenvalue weighted by Gasteiger charge is 2.02. The van der Waals surface area contributed by atoms with Crippen molar-refractivity contribution >= 4 is 17.3 Å². The zero-order valence-electron chi connectivity index (χ0n) is 9.16. The molecule has 0 bridgehead atoms. The second-order valence-electron chi connectivity index (χ2n) is 3.44. The normalized spacial score (nSPS) is 9.80. The maximum absolute atomic E-state index is 5.68. The number of rotatable bonds is 5. The molecule has 0 aromatic heterocycles. The van der Waals surface area contributed by atoms with Gasteiger partial charge in [-0.2, -0.15) is 0 Å². The van der Waals surface area contributed by atoms with Crippen molar-refractivity contribution in [1.29, 1.82) is 0 Å². The second-order valence-corrected chi connectivity index (χ2v) is 3.70. The Balaban J connectivity index is 2.65. The van der Waals surface area contributed by atoms with Crippen LogP contribution in [0.15, 0.2) is 36.4 Å². The van der Waals surface area contributed by atoms with E-state index < -0.39 is 0 Å². The summed E-state index contributed by atoms with van der Waals surface area (Å²) >= 11 is 5.68. The third-order valence-electron chi connectivity index (χ3n) is 2.16. The molecule has 1 aromatic rings. The summed E-state index contributed by atoms with van der Waals surface area (Å²) in [5.74, 6) is 1.36. The van der Waals surface area contributed by atoms with E-state index in [9.17, 15) is 0 Å². The molecule has 0 spiro atoms. The molecule has 82 valence electrons. The quantitative estimate of drug-likeness (QED) is 0.565. The zero-order valence-corrected chi connectivity index (χ0v) is 9.92. The number of alkyl halides is 1. The predicted molar refractivity (Wildman–Crippen MR) is 66.1 cm³/mol. The minimum Gasteiger partial charge on any atom is -0.497 e. The predicted octanol–water partition coefficient (Wildman–Crippen LogP) is 2.93. The Morgan fingerprint density at radius 3 is 2.47 bits per heavy atom. The Morgan fingerprint density at radius 1 is 1.40 bits per heavy atom. The number of hydrogen-bond acceptors (Lipinski definition) is 2. The van der Waals surface area contributed by atoms with Gasteiger partial charge in [0.25, 0.3) is 0 Å². The molecule has 0 amide bonds. The fraction of sp³-hybridized carbons (Fsp3) is 0.333. The van der Waals surface area contributed by atoms with Gasteiger partial charge in [-0.25, -0.2) is 0 Å². The van der Waals surface area contributed by atoms with Crippen LogP contribution in [0.5, 0.6) is 5.75 Å². The molecule has 0 saturated heterocycles. The molecular formula is C12H16ClNO. The summed E-state index contributed by atoms with van der Waals surface area (Å²) < 4.78 is 5.09. The first-order valence-corrected chi connectivity index (χ1v) is 5.28. The third-order valence-corrected chi connectivity index (χ3v) is 2.54. The largest absolute Gasteiger partial charge is 0.497 e. The van der Waals surface area contributed by atoms with E-state index in [1.807, 2.05) is 31.3 Å². The Kier molecular flexibility index (Phi) is 4.50. The lowest BCUT2D eigenvalue weighted by molar-refractivity contribution is 0.415. The van der Waals surface area contributed by atoms with E-state index in [1.54, 1.807) is 7.11 Å². The van der Waals surface area contributed by atoms with Crippen molar-refractivity contribution in [3.05, 3.63) is 36.4 Å². The van der Waals surface area contributed by atoms with Gasteiger partial charge in [-0.05, 0) is 29.8 Å². The van der Waals surface area contributed by atoms with Crippen LogP contribution >= 0.6 is 11.6 Å². The van der Waals surface area contributed by atoms with Gasteiger partial charge in [0.1, 0.15) is 5.75 Å². The molecule has 0 saturated carbocycles. The van der Waals surface area contributed by atoms with Crippen LogP contribution in [0.4, 0.5) is 5.69 Å². The highest BCUT2D eigenvalue weighted by atomic mass is 35.5. The van der Waals surface area contributed by atoms with Gasteiger partial charge in [-0.3, -0.25) is 0 Å². The lowest BCUT2D eigenvalue weighted by Gasteiger charge is -2.20. The standard InChI is InChI=1S/C12H16ClNO/c1-10(8-13)9-14(2)11-4-6-12(15-3)7-5-11/h4-7H,1,8-9H2,2-3H3. The van der Waals surface area contributed by atoms with E-state index in [-0.39, 0.29) is 0 Å². The van der Waals surface area contributed by atoms with Gasteiger partial charge < -0.3 is 9.64 Å². The molecule has 0 unspecified atom stereocenters. The van der Waals surface area contributed by atoms with Gasteiger partial charge in [-0.1, -0.05) is 6.58 Å². The van der Waals surface area contributed by atoms with Crippen LogP contribution in [0.25, 0.3) is 0 Å². The average Bonchev–Trinajstić information content (AvgIpc) is 2.29. The topological polar surface area (TPSA) is 12.5 Å². The molecule has 0 heterocycles. The molecule has 0 radical (unpaired) electrons. The number of benzene rings is 1. The number of methoxy groups -OCH3 is 1. The zero-order chi connectivity index (χ0) is 11.3. The van der Waals surface area contributed by atoms with Crippen molar-refractivity contribution in [2.45, 2.75) is 0 Å². The van der Waals surface area contributed by atoms with Gasteiger partial charge in [0.05, 0.1) is 7.11 Å². The van der Waals surface area contributed by atoms with Crippen molar-refractivity contribution in [2.24, 2.45) is 0 Å². The first-order valence-electron chi connectivity index (χ1n) is 4.75. The van der Waals surface area contributed by atoms with Crippen molar-refractivity contribution in [2.75, 3.05) is 31.5 Å².